The van der Waals surface area contributed by atoms with Crippen molar-refractivity contribution in [1.82, 2.24) is 0 Å². The zero-order valence-electron chi connectivity index (χ0n) is 14.4. The second-order valence-electron chi connectivity index (χ2n) is 4.13. The Kier molecular flexibility index (Phi) is 11.5. The van der Waals surface area contributed by atoms with Gasteiger partial charge in [-0.1, -0.05) is 6.07 Å². The van der Waals surface area contributed by atoms with Crippen LogP contribution in [0.2, 0.25) is 0 Å². The molecule has 0 heterocycles. The van der Waals surface area contributed by atoms with Gasteiger partial charge in [0, 0.05) is 12.1 Å². The first-order chi connectivity index (χ1) is 11.0. The third kappa shape index (κ3) is 7.11. The van der Waals surface area contributed by atoms with Crippen molar-refractivity contribution in [1.29, 1.82) is 0 Å². The van der Waals surface area contributed by atoms with E-state index in [-0.39, 0.29) is 40.2 Å². The molecule has 0 bridgehead atoms. The van der Waals surface area contributed by atoms with Crippen LogP contribution in [-0.2, 0) is 11.1 Å². The molecule has 2 aromatic carbocycles. The van der Waals surface area contributed by atoms with Gasteiger partial charge in [-0.25, -0.2) is 0 Å². The van der Waals surface area contributed by atoms with Crippen molar-refractivity contribution in [2.45, 2.75) is 4.90 Å². The van der Waals surface area contributed by atoms with Crippen LogP contribution >= 0.6 is 0 Å². The Bertz CT molecular complexity index is 631. The van der Waals surface area contributed by atoms with Crippen molar-refractivity contribution >= 4 is 11.1 Å². The van der Waals surface area contributed by atoms with E-state index in [2.05, 4.69) is 0 Å². The van der Waals surface area contributed by atoms with Crippen molar-refractivity contribution in [3.05, 3.63) is 42.5 Å². The molecule has 1 unspecified atom stereocenters. The number of rotatable bonds is 5. The zero-order valence-corrected chi connectivity index (χ0v) is 17.2. The van der Waals surface area contributed by atoms with Crippen LogP contribution in [-0.4, -0.2) is 37.2 Å². The summed E-state index contributed by atoms with van der Waals surface area (Å²) in [4.78, 5) is 0.128. The quantitative estimate of drug-likeness (QED) is 0.535. The zero-order chi connectivity index (χ0) is 17.2. The number of hydrogen-bond acceptors (Lipinski definition) is 6. The first-order valence-electron chi connectivity index (χ1n) is 6.55. The van der Waals surface area contributed by atoms with Gasteiger partial charge < -0.3 is 23.5 Å². The van der Waals surface area contributed by atoms with Crippen LogP contribution in [0.25, 0.3) is 0 Å². The van der Waals surface area contributed by atoms with Gasteiger partial charge in [0.2, 0.25) is 0 Å². The second kappa shape index (κ2) is 12.2. The van der Waals surface area contributed by atoms with E-state index in [0.29, 0.717) is 5.75 Å². The molecule has 0 fully saturated rings. The van der Waals surface area contributed by atoms with E-state index in [1.54, 1.807) is 20.3 Å². The van der Waals surface area contributed by atoms with E-state index in [4.69, 9.17) is 18.9 Å². The fourth-order valence-electron chi connectivity index (χ4n) is 1.64. The average molecular weight is 362 g/mol. The van der Waals surface area contributed by atoms with Crippen molar-refractivity contribution in [3.8, 4) is 23.0 Å². The molecule has 6 nitrogen and oxygen atoms in total. The van der Waals surface area contributed by atoms with E-state index in [1.165, 1.54) is 26.4 Å². The van der Waals surface area contributed by atoms with Crippen molar-refractivity contribution in [2.75, 3.05) is 28.4 Å². The van der Waals surface area contributed by atoms with E-state index >= 15 is 0 Å². The molecular formula is C16H19NaO6S. The number of hydrogen-bond donors (Lipinski definition) is 0. The Morgan fingerprint density at radius 1 is 0.792 bits per heavy atom. The molecule has 0 saturated heterocycles. The van der Waals surface area contributed by atoms with Crippen LogP contribution in [0, 0.1) is 0 Å². The Morgan fingerprint density at radius 3 is 1.71 bits per heavy atom. The van der Waals surface area contributed by atoms with Gasteiger partial charge in [-0.3, -0.25) is 4.21 Å². The van der Waals surface area contributed by atoms with Crippen LogP contribution in [0.4, 0.5) is 0 Å². The Balaban J connectivity index is 0.000000436. The molecule has 24 heavy (non-hydrogen) atoms. The van der Waals surface area contributed by atoms with E-state index in [0.717, 1.165) is 11.5 Å². The molecule has 0 radical (unpaired) electrons. The number of methoxy groups -OCH3 is 4. The van der Waals surface area contributed by atoms with Gasteiger partial charge in [-0.15, -0.1) is 0 Å². The average Bonchev–Trinajstić information content (AvgIpc) is 2.61. The first kappa shape index (κ1) is 22.8. The van der Waals surface area contributed by atoms with Crippen LogP contribution < -0.4 is 48.5 Å². The first-order valence-corrected chi connectivity index (χ1v) is 7.62. The van der Waals surface area contributed by atoms with Gasteiger partial charge in [-0.2, -0.15) is 0 Å². The third-order valence-corrected chi connectivity index (χ3v) is 3.52. The summed E-state index contributed by atoms with van der Waals surface area (Å²) in [6.45, 7) is 0. The van der Waals surface area contributed by atoms with Crippen molar-refractivity contribution < 1.29 is 57.3 Å². The molecule has 0 spiro atoms. The summed E-state index contributed by atoms with van der Waals surface area (Å²) in [5, 5.41) is 0. The molecule has 0 N–H and O–H groups in total. The van der Waals surface area contributed by atoms with Crippen molar-refractivity contribution in [3.63, 3.8) is 0 Å². The molecule has 0 aliphatic carbocycles. The predicted molar refractivity (Wildman–Crippen MR) is 86.3 cm³/mol. The fraction of sp³-hybridized carbons (Fsp3) is 0.250. The van der Waals surface area contributed by atoms with Gasteiger partial charge in [0.05, 0.1) is 33.3 Å². The van der Waals surface area contributed by atoms with E-state index in [1.807, 2.05) is 24.3 Å². The van der Waals surface area contributed by atoms with Crippen LogP contribution in [0.5, 0.6) is 23.0 Å². The largest absolute Gasteiger partial charge is 1.00 e. The minimum absolute atomic E-state index is 0. The molecule has 1 atom stereocenters. The third-order valence-electron chi connectivity index (χ3n) is 2.83. The minimum atomic E-state index is -2.28. The van der Waals surface area contributed by atoms with E-state index < -0.39 is 11.1 Å². The normalized spacial score (nSPS) is 10.4. The monoisotopic (exact) mass is 362 g/mol. The fourth-order valence-corrected chi connectivity index (χ4v) is 2.13. The van der Waals surface area contributed by atoms with Crippen LogP contribution in [0.1, 0.15) is 0 Å². The van der Waals surface area contributed by atoms with Crippen molar-refractivity contribution in [2.24, 2.45) is 0 Å². The maximum atomic E-state index is 10.7. The molecular weight excluding hydrogens is 343 g/mol. The molecule has 126 valence electrons. The topological polar surface area (TPSA) is 77.1 Å². The molecule has 0 aromatic heterocycles. The summed E-state index contributed by atoms with van der Waals surface area (Å²) in [7, 11) is 6.18. The van der Waals surface area contributed by atoms with Gasteiger partial charge in [0.15, 0.2) is 0 Å². The summed E-state index contributed by atoms with van der Waals surface area (Å²) in [6, 6.07) is 12.0. The Hall–Kier alpha value is -1.25. The molecule has 0 aliphatic rings. The molecule has 8 heteroatoms. The standard InChI is InChI=1S/C8H10O4S.C8H10O2.Na/c1-11-6-3-4-8(13(9)10)7(5-6)12-2;1-9-7-4-3-5-8(6-7)10-2;/h3-5H,1-2H3,(H,9,10);3-6H,1-2H3;/q;;+1/p-1. The Morgan fingerprint density at radius 2 is 1.29 bits per heavy atom. The molecule has 2 aromatic rings. The smallest absolute Gasteiger partial charge is 0.768 e. The van der Waals surface area contributed by atoms with Crippen LogP contribution in [0.15, 0.2) is 47.4 Å². The minimum Gasteiger partial charge on any atom is -0.768 e. The SMILES string of the molecule is COc1ccc(S(=O)[O-])c(OC)c1.COc1cccc(OC)c1.[Na+]. The van der Waals surface area contributed by atoms with Gasteiger partial charge in [-0.05, 0) is 35.3 Å². The van der Waals surface area contributed by atoms with Gasteiger partial charge in [0.25, 0.3) is 0 Å². The number of ether oxygens (including phenoxy) is 4. The predicted octanol–water partition coefficient (Wildman–Crippen LogP) is -0.350. The van der Waals surface area contributed by atoms with E-state index in [9.17, 15) is 8.76 Å². The summed E-state index contributed by atoms with van der Waals surface area (Å²) in [5.41, 5.74) is 0. The summed E-state index contributed by atoms with van der Waals surface area (Å²) < 4.78 is 41.1. The summed E-state index contributed by atoms with van der Waals surface area (Å²) >= 11 is -2.28. The van der Waals surface area contributed by atoms with Gasteiger partial charge >= 0.3 is 29.6 Å². The maximum absolute atomic E-state index is 10.7. The molecule has 2 rings (SSSR count). The molecule has 0 amide bonds. The maximum Gasteiger partial charge on any atom is 1.00 e. The molecule has 0 saturated carbocycles. The molecule has 0 aliphatic heterocycles. The summed E-state index contributed by atoms with van der Waals surface area (Å²) in [6.07, 6.45) is 0. The second-order valence-corrected chi connectivity index (χ2v) is 5.04. The Labute approximate surface area is 166 Å². The van der Waals surface area contributed by atoms with Crippen LogP contribution in [0.3, 0.4) is 0 Å². The number of benzene rings is 2. The van der Waals surface area contributed by atoms with Gasteiger partial charge in [0.1, 0.15) is 23.0 Å². The summed E-state index contributed by atoms with van der Waals surface area (Å²) in [5.74, 6) is 2.48.